The summed E-state index contributed by atoms with van der Waals surface area (Å²) >= 11 is 5.05. The Morgan fingerprint density at radius 2 is 2.25 bits per heavy atom. The smallest absolute Gasteiger partial charge is 0.158 e. The summed E-state index contributed by atoms with van der Waals surface area (Å²) in [5.41, 5.74) is 5.91. The summed E-state index contributed by atoms with van der Waals surface area (Å²) in [5, 5.41) is 1.99. The van der Waals surface area contributed by atoms with E-state index in [-0.39, 0.29) is 0 Å². The lowest BCUT2D eigenvalue weighted by atomic mass is 10.2. The average Bonchev–Trinajstić information content (AvgIpc) is 2.82. The third-order valence-corrected chi connectivity index (χ3v) is 3.46. The van der Waals surface area contributed by atoms with E-state index in [4.69, 9.17) is 0 Å². The minimum atomic E-state index is 0.831. The van der Waals surface area contributed by atoms with Gasteiger partial charge in [0.25, 0.3) is 0 Å². The fraction of sp³-hybridized carbons (Fsp3) is 0.0909. The fourth-order valence-corrected chi connectivity index (χ4v) is 2.81. The van der Waals surface area contributed by atoms with Crippen LogP contribution in [-0.4, -0.2) is 15.0 Å². The number of rotatable bonds is 1. The standard InChI is InChI=1S/C11H8BrN3S/c1-6-2-7(12)3-8-10(6)15-11(14-8)9-4-16-5-13-9/h2-5H,1H3,(H,14,15). The molecule has 0 unspecified atom stereocenters. The van der Waals surface area contributed by atoms with Gasteiger partial charge < -0.3 is 4.98 Å². The lowest BCUT2D eigenvalue weighted by Gasteiger charge is -1.94. The topological polar surface area (TPSA) is 41.6 Å². The van der Waals surface area contributed by atoms with E-state index in [1.165, 1.54) is 0 Å². The second-order valence-corrected chi connectivity index (χ2v) is 5.21. The minimum absolute atomic E-state index is 0.831. The number of hydrogen-bond donors (Lipinski definition) is 1. The summed E-state index contributed by atoms with van der Waals surface area (Å²) in [6.07, 6.45) is 0. The van der Waals surface area contributed by atoms with Gasteiger partial charge in [0, 0.05) is 9.85 Å². The van der Waals surface area contributed by atoms with E-state index >= 15 is 0 Å². The maximum atomic E-state index is 4.56. The number of aryl methyl sites for hydroxylation is 1. The van der Waals surface area contributed by atoms with Crippen LogP contribution in [0.4, 0.5) is 0 Å². The number of aromatic amines is 1. The van der Waals surface area contributed by atoms with Gasteiger partial charge in [0.1, 0.15) is 5.69 Å². The second kappa shape index (κ2) is 3.68. The van der Waals surface area contributed by atoms with E-state index in [0.717, 1.165) is 32.6 Å². The maximum absolute atomic E-state index is 4.56. The van der Waals surface area contributed by atoms with Crippen LogP contribution >= 0.6 is 27.3 Å². The molecule has 0 atom stereocenters. The van der Waals surface area contributed by atoms with Crippen LogP contribution in [0.5, 0.6) is 0 Å². The molecule has 3 nitrogen and oxygen atoms in total. The molecule has 3 aromatic rings. The van der Waals surface area contributed by atoms with Crippen molar-refractivity contribution >= 4 is 38.3 Å². The van der Waals surface area contributed by atoms with E-state index in [9.17, 15) is 0 Å². The van der Waals surface area contributed by atoms with Crippen molar-refractivity contribution in [3.8, 4) is 11.5 Å². The number of nitrogens with one attached hydrogen (secondary N) is 1. The van der Waals surface area contributed by atoms with Gasteiger partial charge in [0.05, 0.1) is 16.5 Å². The van der Waals surface area contributed by atoms with Gasteiger partial charge in [0.2, 0.25) is 0 Å². The first kappa shape index (κ1) is 9.99. The molecule has 0 radical (unpaired) electrons. The van der Waals surface area contributed by atoms with E-state index in [0.29, 0.717) is 0 Å². The Hall–Kier alpha value is -1.20. The molecule has 0 amide bonds. The highest BCUT2D eigenvalue weighted by Gasteiger charge is 2.09. The molecule has 0 bridgehead atoms. The molecular weight excluding hydrogens is 286 g/mol. The lowest BCUT2D eigenvalue weighted by Crippen LogP contribution is -1.78. The first-order chi connectivity index (χ1) is 7.74. The molecule has 0 aliphatic carbocycles. The Kier molecular flexibility index (Phi) is 2.29. The van der Waals surface area contributed by atoms with E-state index in [1.54, 1.807) is 11.3 Å². The largest absolute Gasteiger partial charge is 0.337 e. The van der Waals surface area contributed by atoms with Crippen LogP contribution in [0.25, 0.3) is 22.6 Å². The van der Waals surface area contributed by atoms with Crippen molar-refractivity contribution < 1.29 is 0 Å². The molecule has 0 saturated heterocycles. The van der Waals surface area contributed by atoms with Crippen LogP contribution in [0.15, 0.2) is 27.5 Å². The Bertz CT molecular complexity index is 643. The van der Waals surface area contributed by atoms with Crippen LogP contribution in [0.2, 0.25) is 0 Å². The van der Waals surface area contributed by atoms with Crippen LogP contribution in [0, 0.1) is 6.92 Å². The Labute approximate surface area is 105 Å². The minimum Gasteiger partial charge on any atom is -0.337 e. The monoisotopic (exact) mass is 293 g/mol. The molecule has 0 aliphatic rings. The van der Waals surface area contributed by atoms with Crippen molar-refractivity contribution in [3.63, 3.8) is 0 Å². The number of aromatic nitrogens is 3. The van der Waals surface area contributed by atoms with Gasteiger partial charge in [-0.2, -0.15) is 0 Å². The quantitative estimate of drug-likeness (QED) is 0.742. The van der Waals surface area contributed by atoms with Gasteiger partial charge in [0.15, 0.2) is 5.82 Å². The third kappa shape index (κ3) is 1.56. The third-order valence-electron chi connectivity index (χ3n) is 2.42. The lowest BCUT2D eigenvalue weighted by molar-refractivity contribution is 1.27. The summed E-state index contributed by atoms with van der Waals surface area (Å²) in [6.45, 7) is 2.05. The van der Waals surface area contributed by atoms with Gasteiger partial charge in [-0.1, -0.05) is 15.9 Å². The van der Waals surface area contributed by atoms with Crippen LogP contribution < -0.4 is 0 Å². The van der Waals surface area contributed by atoms with Crippen molar-refractivity contribution in [2.24, 2.45) is 0 Å². The molecule has 80 valence electrons. The van der Waals surface area contributed by atoms with Crippen molar-refractivity contribution in [1.82, 2.24) is 15.0 Å². The predicted octanol–water partition coefficient (Wildman–Crippen LogP) is 3.76. The number of imidazole rings is 1. The number of halogens is 1. The molecule has 5 heteroatoms. The molecule has 0 saturated carbocycles. The van der Waals surface area contributed by atoms with Gasteiger partial charge in [-0.3, -0.25) is 0 Å². The second-order valence-electron chi connectivity index (χ2n) is 3.58. The first-order valence-corrected chi connectivity index (χ1v) is 6.52. The van der Waals surface area contributed by atoms with Crippen molar-refractivity contribution in [2.45, 2.75) is 6.92 Å². The zero-order valence-corrected chi connectivity index (χ0v) is 10.9. The predicted molar refractivity (Wildman–Crippen MR) is 69.6 cm³/mol. The number of fused-ring (bicyclic) bond motifs is 1. The van der Waals surface area contributed by atoms with Gasteiger partial charge in [-0.15, -0.1) is 11.3 Å². The van der Waals surface area contributed by atoms with Gasteiger partial charge in [-0.05, 0) is 24.6 Å². The Balaban J connectivity index is 2.27. The normalized spacial score (nSPS) is 11.1. The van der Waals surface area contributed by atoms with E-state index in [2.05, 4.69) is 43.9 Å². The first-order valence-electron chi connectivity index (χ1n) is 4.78. The molecule has 1 N–H and O–H groups in total. The van der Waals surface area contributed by atoms with Gasteiger partial charge in [-0.25, -0.2) is 9.97 Å². The highest BCUT2D eigenvalue weighted by molar-refractivity contribution is 9.10. The van der Waals surface area contributed by atoms with Crippen LogP contribution in [0.3, 0.4) is 0 Å². The summed E-state index contributed by atoms with van der Waals surface area (Å²) in [7, 11) is 0. The van der Waals surface area contributed by atoms with Crippen molar-refractivity contribution in [2.75, 3.05) is 0 Å². The van der Waals surface area contributed by atoms with Crippen molar-refractivity contribution in [1.29, 1.82) is 0 Å². The highest BCUT2D eigenvalue weighted by atomic mass is 79.9. The summed E-state index contributed by atoms with van der Waals surface area (Å²) < 4.78 is 1.06. The molecule has 16 heavy (non-hydrogen) atoms. The number of benzene rings is 1. The Morgan fingerprint density at radius 1 is 1.38 bits per heavy atom. The molecule has 2 aromatic heterocycles. The molecule has 0 spiro atoms. The molecule has 3 rings (SSSR count). The van der Waals surface area contributed by atoms with E-state index < -0.39 is 0 Å². The Morgan fingerprint density at radius 3 is 3.00 bits per heavy atom. The fourth-order valence-electron chi connectivity index (χ4n) is 1.70. The number of H-pyrrole nitrogens is 1. The average molecular weight is 294 g/mol. The van der Waals surface area contributed by atoms with Crippen LogP contribution in [-0.2, 0) is 0 Å². The molecule has 2 heterocycles. The summed E-state index contributed by atoms with van der Waals surface area (Å²) in [5.74, 6) is 0.831. The van der Waals surface area contributed by atoms with Gasteiger partial charge >= 0.3 is 0 Å². The highest BCUT2D eigenvalue weighted by Crippen LogP contribution is 2.25. The van der Waals surface area contributed by atoms with Crippen LogP contribution in [0.1, 0.15) is 5.56 Å². The number of hydrogen-bond acceptors (Lipinski definition) is 3. The van der Waals surface area contributed by atoms with E-state index in [1.807, 2.05) is 17.0 Å². The summed E-state index contributed by atoms with van der Waals surface area (Å²) in [4.78, 5) is 12.1. The maximum Gasteiger partial charge on any atom is 0.158 e. The van der Waals surface area contributed by atoms with Crippen molar-refractivity contribution in [3.05, 3.63) is 33.1 Å². The number of nitrogens with zero attached hydrogens (tertiary/aromatic N) is 2. The molecule has 0 fully saturated rings. The zero-order valence-electron chi connectivity index (χ0n) is 8.49. The SMILES string of the molecule is Cc1cc(Br)cc2[nH]c(-c3cscn3)nc12. The zero-order chi connectivity index (χ0) is 11.1. The molecular formula is C11H8BrN3S. The summed E-state index contributed by atoms with van der Waals surface area (Å²) in [6, 6.07) is 4.10. The molecule has 0 aliphatic heterocycles. The molecule has 1 aromatic carbocycles. The number of thiazole rings is 1.